The monoisotopic (exact) mass is 339 g/mol. The number of thioether (sulfide) groups is 1. The van der Waals surface area contributed by atoms with Gasteiger partial charge in [-0.2, -0.15) is 13.2 Å². The fourth-order valence-corrected chi connectivity index (χ4v) is 2.32. The summed E-state index contributed by atoms with van der Waals surface area (Å²) in [4.78, 5) is 14.3. The summed E-state index contributed by atoms with van der Waals surface area (Å²) in [5.41, 5.74) is -2.91. The average Bonchev–Trinajstić information content (AvgIpc) is 2.48. The number of hydrogen-bond acceptors (Lipinski definition) is 4. The van der Waals surface area contributed by atoms with Gasteiger partial charge in [0, 0.05) is 4.90 Å². The summed E-state index contributed by atoms with van der Waals surface area (Å²) in [6.07, 6.45) is 1.73. The van der Waals surface area contributed by atoms with Gasteiger partial charge in [0.2, 0.25) is 0 Å². The first-order valence-electron chi connectivity index (χ1n) is 6.49. The molecule has 0 bridgehead atoms. The molecule has 120 valence electrons. The highest BCUT2D eigenvalue weighted by Gasteiger charge is 2.29. The minimum absolute atomic E-state index is 0.0973. The average molecular weight is 339 g/mol. The lowest BCUT2D eigenvalue weighted by Crippen LogP contribution is -1.98. The number of ether oxygens (including phenoxy) is 1. The van der Waals surface area contributed by atoms with E-state index in [0.29, 0.717) is 23.5 Å². The van der Waals surface area contributed by atoms with Crippen molar-refractivity contribution in [2.75, 3.05) is 0 Å². The summed E-state index contributed by atoms with van der Waals surface area (Å²) in [6.45, 7) is 1.81. The van der Waals surface area contributed by atoms with Crippen LogP contribution in [0.25, 0.3) is 0 Å². The largest absolute Gasteiger partial charge is 0.457 e. The first-order chi connectivity index (χ1) is 10.9. The highest BCUT2D eigenvalue weighted by Crippen LogP contribution is 2.37. The van der Waals surface area contributed by atoms with Crippen LogP contribution in [-0.4, -0.2) is 18.0 Å². The van der Waals surface area contributed by atoms with E-state index in [1.54, 1.807) is 18.2 Å². The molecular formula is C16H12F3NO2S. The van der Waals surface area contributed by atoms with E-state index in [-0.39, 0.29) is 16.7 Å². The van der Waals surface area contributed by atoms with Gasteiger partial charge in [0.1, 0.15) is 11.5 Å². The Bertz CT molecular complexity index is 712. The van der Waals surface area contributed by atoms with Crippen molar-refractivity contribution in [1.29, 1.82) is 0 Å². The summed E-state index contributed by atoms with van der Waals surface area (Å²) in [5, 5.41) is 0. The normalized spacial score (nSPS) is 11.7. The second-order valence-corrected chi connectivity index (χ2v) is 5.62. The molecule has 2 rings (SSSR count). The molecule has 23 heavy (non-hydrogen) atoms. The van der Waals surface area contributed by atoms with Crippen molar-refractivity contribution in [1.82, 2.24) is 0 Å². The third-order valence-electron chi connectivity index (χ3n) is 2.73. The third-order valence-corrected chi connectivity index (χ3v) is 3.47. The Balaban J connectivity index is 2.10. The zero-order chi connectivity index (χ0) is 16.9. The summed E-state index contributed by atoms with van der Waals surface area (Å²) in [6, 6.07) is 10.8. The molecule has 3 nitrogen and oxygen atoms in total. The molecule has 0 saturated carbocycles. The Morgan fingerprint density at radius 3 is 2.39 bits per heavy atom. The minimum Gasteiger partial charge on any atom is -0.457 e. The Morgan fingerprint density at radius 2 is 1.83 bits per heavy atom. The van der Waals surface area contributed by atoms with Gasteiger partial charge in [-0.1, -0.05) is 0 Å². The number of rotatable bonds is 5. The van der Waals surface area contributed by atoms with Gasteiger partial charge in [0.25, 0.3) is 0 Å². The van der Waals surface area contributed by atoms with E-state index in [1.807, 2.05) is 6.92 Å². The van der Waals surface area contributed by atoms with E-state index in [9.17, 15) is 18.0 Å². The Labute approximate surface area is 135 Å². The molecular weight excluding hydrogens is 327 g/mol. The van der Waals surface area contributed by atoms with Crippen LogP contribution in [0, 0.1) is 6.92 Å². The molecule has 0 amide bonds. The summed E-state index contributed by atoms with van der Waals surface area (Å²) in [5.74, 6) is 0.995. The van der Waals surface area contributed by atoms with Crippen LogP contribution in [0.4, 0.5) is 18.9 Å². The fourth-order valence-electron chi connectivity index (χ4n) is 1.78. The van der Waals surface area contributed by atoms with Gasteiger partial charge in [-0.15, -0.1) is 0 Å². The van der Waals surface area contributed by atoms with Crippen LogP contribution < -0.4 is 4.74 Å². The van der Waals surface area contributed by atoms with Crippen LogP contribution in [0.3, 0.4) is 0 Å². The smallest absolute Gasteiger partial charge is 0.446 e. The summed E-state index contributed by atoms with van der Waals surface area (Å²) in [7, 11) is 0. The maximum atomic E-state index is 12.3. The number of nitrogens with zero attached hydrogens (tertiary/aromatic N) is 1. The Morgan fingerprint density at radius 1 is 1.13 bits per heavy atom. The molecule has 0 unspecified atom stereocenters. The predicted molar refractivity (Wildman–Crippen MR) is 83.8 cm³/mol. The fraction of sp³-hybridized carbons (Fsp3) is 0.125. The number of aliphatic imine (C=N–C) groups is 1. The molecule has 0 N–H and O–H groups in total. The van der Waals surface area contributed by atoms with Crippen molar-refractivity contribution in [2.24, 2.45) is 4.99 Å². The molecule has 0 heterocycles. The quantitative estimate of drug-likeness (QED) is 0.421. The second kappa shape index (κ2) is 7.32. The van der Waals surface area contributed by atoms with Gasteiger partial charge in [-0.05, 0) is 66.7 Å². The molecule has 0 atom stereocenters. The minimum atomic E-state index is -4.31. The number of carbonyl (C=O) groups excluding carboxylic acids is 1. The van der Waals surface area contributed by atoms with Gasteiger partial charge in [0.05, 0.1) is 11.9 Å². The van der Waals surface area contributed by atoms with Gasteiger partial charge in [0.15, 0.2) is 6.29 Å². The second-order valence-electron chi connectivity index (χ2n) is 4.49. The van der Waals surface area contributed by atoms with Crippen LogP contribution in [0.5, 0.6) is 11.5 Å². The molecule has 0 radical (unpaired) electrons. The highest BCUT2D eigenvalue weighted by molar-refractivity contribution is 8.00. The highest BCUT2D eigenvalue weighted by atomic mass is 32.2. The Kier molecular flexibility index (Phi) is 5.44. The van der Waals surface area contributed by atoms with E-state index in [1.165, 1.54) is 24.3 Å². The van der Waals surface area contributed by atoms with Crippen LogP contribution in [0.15, 0.2) is 52.4 Å². The number of benzene rings is 2. The molecule has 2 aromatic carbocycles. The van der Waals surface area contributed by atoms with Crippen molar-refractivity contribution < 1.29 is 22.7 Å². The topological polar surface area (TPSA) is 38.7 Å². The van der Waals surface area contributed by atoms with E-state index in [4.69, 9.17) is 4.74 Å². The molecule has 0 saturated heterocycles. The SMILES string of the molecule is Cc1cc(N=CC=O)ccc1Oc1ccc(SC(F)(F)F)cc1. The number of alkyl halides is 3. The Hall–Kier alpha value is -2.28. The molecule has 0 aliphatic heterocycles. The molecule has 0 aromatic heterocycles. The van der Waals surface area contributed by atoms with E-state index < -0.39 is 5.51 Å². The zero-order valence-electron chi connectivity index (χ0n) is 12.0. The van der Waals surface area contributed by atoms with Crippen molar-refractivity contribution in [3.63, 3.8) is 0 Å². The van der Waals surface area contributed by atoms with Crippen molar-refractivity contribution in [3.05, 3.63) is 48.0 Å². The van der Waals surface area contributed by atoms with Gasteiger partial charge in [-0.3, -0.25) is 9.79 Å². The zero-order valence-corrected chi connectivity index (χ0v) is 12.8. The molecule has 0 fully saturated rings. The summed E-state index contributed by atoms with van der Waals surface area (Å²) < 4.78 is 42.4. The van der Waals surface area contributed by atoms with Crippen LogP contribution in [-0.2, 0) is 4.79 Å². The molecule has 2 aromatic rings. The third kappa shape index (κ3) is 5.45. The first-order valence-corrected chi connectivity index (χ1v) is 7.31. The van der Waals surface area contributed by atoms with Crippen molar-refractivity contribution in [3.8, 4) is 11.5 Å². The number of aryl methyl sites for hydroxylation is 1. The van der Waals surface area contributed by atoms with Crippen molar-refractivity contribution in [2.45, 2.75) is 17.3 Å². The van der Waals surface area contributed by atoms with E-state index >= 15 is 0 Å². The van der Waals surface area contributed by atoms with Crippen LogP contribution in [0.1, 0.15) is 5.56 Å². The summed E-state index contributed by atoms with van der Waals surface area (Å²) >= 11 is -0.171. The van der Waals surface area contributed by atoms with Crippen molar-refractivity contribution >= 4 is 30.0 Å². The lowest BCUT2D eigenvalue weighted by Gasteiger charge is -2.10. The van der Waals surface area contributed by atoms with Gasteiger partial charge < -0.3 is 4.74 Å². The maximum absolute atomic E-state index is 12.3. The van der Waals surface area contributed by atoms with Crippen LogP contribution in [0.2, 0.25) is 0 Å². The van der Waals surface area contributed by atoms with Crippen LogP contribution >= 0.6 is 11.8 Å². The lowest BCUT2D eigenvalue weighted by atomic mass is 10.2. The lowest BCUT2D eigenvalue weighted by molar-refractivity contribution is -0.102. The molecule has 0 aliphatic carbocycles. The maximum Gasteiger partial charge on any atom is 0.446 e. The van der Waals surface area contributed by atoms with Gasteiger partial charge >= 0.3 is 5.51 Å². The standard InChI is InChI=1S/C16H12F3NO2S/c1-11-10-12(20-8-9-21)2-7-15(11)22-13-3-5-14(6-4-13)23-16(17,18)19/h2-10H,1H3. The number of hydrogen-bond donors (Lipinski definition) is 0. The van der Waals surface area contributed by atoms with E-state index in [0.717, 1.165) is 11.8 Å². The molecule has 0 spiro atoms. The molecule has 7 heteroatoms. The van der Waals surface area contributed by atoms with E-state index in [2.05, 4.69) is 4.99 Å². The number of halogens is 3. The number of aldehydes is 1. The van der Waals surface area contributed by atoms with Gasteiger partial charge in [-0.25, -0.2) is 0 Å². The molecule has 0 aliphatic rings. The number of carbonyl (C=O) groups is 1. The first kappa shape index (κ1) is 17.1. The predicted octanol–water partition coefficient (Wildman–Crippen LogP) is 5.30.